The van der Waals surface area contributed by atoms with Gasteiger partial charge in [0.15, 0.2) is 5.92 Å². The summed E-state index contributed by atoms with van der Waals surface area (Å²) in [7, 11) is 0. The van der Waals surface area contributed by atoms with Crippen molar-refractivity contribution in [2.24, 2.45) is 0 Å². The number of aliphatic carboxylic acids is 1. The summed E-state index contributed by atoms with van der Waals surface area (Å²) in [5.41, 5.74) is -0.908. The second kappa shape index (κ2) is 4.40. The van der Waals surface area contributed by atoms with Gasteiger partial charge >= 0.3 is 12.1 Å². The predicted molar refractivity (Wildman–Crippen MR) is 50.5 cm³/mol. The smallest absolute Gasteiger partial charge is 0.406 e. The monoisotopic (exact) mass is 300 g/mol. The lowest BCUT2D eigenvalue weighted by molar-refractivity contribution is -0.176. The minimum atomic E-state index is -5.03. The quantitative estimate of drug-likeness (QED) is 0.851. The number of carbonyl (C=O) groups is 1. The highest BCUT2D eigenvalue weighted by Crippen LogP contribution is 2.37. The first-order valence-electron chi connectivity index (χ1n) is 3.98. The molecular weight excluding hydrogens is 296 g/mol. The number of rotatable bonds is 2. The minimum Gasteiger partial charge on any atom is -0.481 e. The molecular formula is C9H5BrF4O2. The summed E-state index contributed by atoms with van der Waals surface area (Å²) in [5, 5.41) is 8.48. The van der Waals surface area contributed by atoms with E-state index >= 15 is 0 Å². The molecule has 0 bridgehead atoms. The highest BCUT2D eigenvalue weighted by atomic mass is 79.9. The van der Waals surface area contributed by atoms with Crippen molar-refractivity contribution in [3.05, 3.63) is 34.1 Å². The average molecular weight is 301 g/mol. The van der Waals surface area contributed by atoms with E-state index in [4.69, 9.17) is 5.11 Å². The number of halogens is 5. The molecule has 1 rings (SSSR count). The maximum Gasteiger partial charge on any atom is 0.406 e. The van der Waals surface area contributed by atoms with E-state index < -0.39 is 29.4 Å². The molecule has 0 aromatic heterocycles. The van der Waals surface area contributed by atoms with Gasteiger partial charge in [0.25, 0.3) is 0 Å². The molecule has 88 valence electrons. The number of carboxylic acid groups (broad SMARTS) is 1. The molecule has 0 aliphatic heterocycles. The van der Waals surface area contributed by atoms with Gasteiger partial charge in [0, 0.05) is 10.0 Å². The topological polar surface area (TPSA) is 37.3 Å². The second-order valence-corrected chi connectivity index (χ2v) is 3.89. The Kier molecular flexibility index (Phi) is 3.57. The van der Waals surface area contributed by atoms with E-state index in [0.717, 1.165) is 12.1 Å². The molecule has 0 saturated carbocycles. The van der Waals surface area contributed by atoms with Gasteiger partial charge in [-0.25, -0.2) is 4.39 Å². The summed E-state index contributed by atoms with van der Waals surface area (Å²) in [5.74, 6) is -6.19. The summed E-state index contributed by atoms with van der Waals surface area (Å²) in [6.45, 7) is 0. The lowest BCUT2D eigenvalue weighted by atomic mass is 9.98. The number of alkyl halides is 3. The third-order valence-corrected chi connectivity index (χ3v) is 2.34. The summed E-state index contributed by atoms with van der Waals surface area (Å²) < 4.78 is 50.5. The molecule has 0 saturated heterocycles. The number of carboxylic acids is 1. The molecule has 0 fully saturated rings. The van der Waals surface area contributed by atoms with Crippen LogP contribution in [0.1, 0.15) is 11.5 Å². The van der Waals surface area contributed by atoms with Crippen LogP contribution in [0.5, 0.6) is 0 Å². The van der Waals surface area contributed by atoms with Crippen molar-refractivity contribution in [2.45, 2.75) is 12.1 Å². The Morgan fingerprint density at radius 2 is 1.94 bits per heavy atom. The fourth-order valence-electron chi connectivity index (χ4n) is 1.19. The maximum absolute atomic E-state index is 13.1. The summed E-state index contributed by atoms with van der Waals surface area (Å²) in [4.78, 5) is 10.5. The van der Waals surface area contributed by atoms with Crippen LogP contribution in [-0.4, -0.2) is 17.3 Å². The van der Waals surface area contributed by atoms with Crippen molar-refractivity contribution >= 4 is 21.9 Å². The van der Waals surface area contributed by atoms with Gasteiger partial charge in [-0.2, -0.15) is 13.2 Å². The fourth-order valence-corrected chi connectivity index (χ4v) is 1.56. The van der Waals surface area contributed by atoms with Crippen LogP contribution in [0.2, 0.25) is 0 Å². The largest absolute Gasteiger partial charge is 0.481 e. The average Bonchev–Trinajstić information content (AvgIpc) is 2.08. The highest BCUT2D eigenvalue weighted by Gasteiger charge is 2.47. The van der Waals surface area contributed by atoms with Crippen LogP contribution in [0.3, 0.4) is 0 Å². The molecule has 1 N–H and O–H groups in total. The lowest BCUT2D eigenvalue weighted by Gasteiger charge is -2.17. The first-order valence-corrected chi connectivity index (χ1v) is 4.77. The second-order valence-electron chi connectivity index (χ2n) is 2.98. The van der Waals surface area contributed by atoms with Gasteiger partial charge in [0.05, 0.1) is 0 Å². The van der Waals surface area contributed by atoms with Crippen LogP contribution >= 0.6 is 15.9 Å². The molecule has 16 heavy (non-hydrogen) atoms. The van der Waals surface area contributed by atoms with Crippen LogP contribution in [0.15, 0.2) is 22.7 Å². The van der Waals surface area contributed by atoms with Crippen LogP contribution in [0, 0.1) is 5.82 Å². The van der Waals surface area contributed by atoms with E-state index in [1.165, 1.54) is 6.07 Å². The summed E-state index contributed by atoms with van der Waals surface area (Å²) in [6, 6.07) is 2.77. The molecule has 7 heteroatoms. The molecule has 0 radical (unpaired) electrons. The van der Waals surface area contributed by atoms with Crippen molar-refractivity contribution in [1.82, 2.24) is 0 Å². The van der Waals surface area contributed by atoms with Gasteiger partial charge in [-0.1, -0.05) is 15.9 Å². The van der Waals surface area contributed by atoms with Crippen LogP contribution in [-0.2, 0) is 4.79 Å². The third-order valence-electron chi connectivity index (χ3n) is 1.84. The normalized spacial score (nSPS) is 13.6. The van der Waals surface area contributed by atoms with Crippen molar-refractivity contribution in [3.63, 3.8) is 0 Å². The van der Waals surface area contributed by atoms with Crippen molar-refractivity contribution < 1.29 is 27.5 Å². The molecule has 0 aliphatic rings. The zero-order chi connectivity index (χ0) is 12.5. The Bertz CT molecular complexity index is 416. The van der Waals surface area contributed by atoms with Gasteiger partial charge in [-0.3, -0.25) is 4.79 Å². The minimum absolute atomic E-state index is 0.180. The SMILES string of the molecule is O=C(O)C(c1cc(Br)ccc1F)C(F)(F)F. The van der Waals surface area contributed by atoms with Gasteiger partial charge in [0.2, 0.25) is 0 Å². The molecule has 0 amide bonds. The van der Waals surface area contributed by atoms with Crippen LogP contribution < -0.4 is 0 Å². The van der Waals surface area contributed by atoms with Crippen molar-refractivity contribution in [2.75, 3.05) is 0 Å². The molecule has 0 heterocycles. The molecule has 1 aromatic rings. The van der Waals surface area contributed by atoms with Crippen LogP contribution in [0.4, 0.5) is 17.6 Å². The van der Waals surface area contributed by atoms with Gasteiger partial charge < -0.3 is 5.11 Å². The molecule has 1 atom stereocenters. The number of hydrogen-bond acceptors (Lipinski definition) is 1. The zero-order valence-corrected chi connectivity index (χ0v) is 9.14. The van der Waals surface area contributed by atoms with Gasteiger partial charge in [-0.05, 0) is 18.2 Å². The summed E-state index contributed by atoms with van der Waals surface area (Å²) >= 11 is 2.85. The third kappa shape index (κ3) is 2.72. The first kappa shape index (κ1) is 13.0. The molecule has 0 aliphatic carbocycles. The van der Waals surface area contributed by atoms with Crippen LogP contribution in [0.25, 0.3) is 0 Å². The van der Waals surface area contributed by atoms with E-state index in [1.807, 2.05) is 0 Å². The Morgan fingerprint density at radius 1 is 1.38 bits per heavy atom. The van der Waals surface area contributed by atoms with Gasteiger partial charge in [-0.15, -0.1) is 0 Å². The Hall–Kier alpha value is -1.11. The Balaban J connectivity index is 3.32. The predicted octanol–water partition coefficient (Wildman–Crippen LogP) is 3.32. The molecule has 0 spiro atoms. The fraction of sp³-hybridized carbons (Fsp3) is 0.222. The van der Waals surface area contributed by atoms with Gasteiger partial charge in [0.1, 0.15) is 5.82 Å². The summed E-state index contributed by atoms with van der Waals surface area (Å²) in [6.07, 6.45) is -5.03. The Labute approximate surface area is 96.0 Å². The molecule has 2 nitrogen and oxygen atoms in total. The highest BCUT2D eigenvalue weighted by molar-refractivity contribution is 9.10. The van der Waals surface area contributed by atoms with E-state index in [-0.39, 0.29) is 4.47 Å². The molecule has 1 aromatic carbocycles. The number of benzene rings is 1. The van der Waals surface area contributed by atoms with E-state index in [0.29, 0.717) is 0 Å². The van der Waals surface area contributed by atoms with Crippen molar-refractivity contribution in [1.29, 1.82) is 0 Å². The standard InChI is InChI=1S/C9H5BrF4O2/c10-4-1-2-6(11)5(3-4)7(8(15)16)9(12,13)14/h1-3,7H,(H,15,16). The Morgan fingerprint density at radius 3 is 2.38 bits per heavy atom. The zero-order valence-electron chi connectivity index (χ0n) is 7.55. The lowest BCUT2D eigenvalue weighted by Crippen LogP contribution is -2.29. The van der Waals surface area contributed by atoms with E-state index in [9.17, 15) is 22.4 Å². The first-order chi connectivity index (χ1) is 7.23. The number of hydrogen-bond donors (Lipinski definition) is 1. The molecule has 1 unspecified atom stereocenters. The van der Waals surface area contributed by atoms with Crippen molar-refractivity contribution in [3.8, 4) is 0 Å². The van der Waals surface area contributed by atoms with E-state index in [2.05, 4.69) is 15.9 Å². The maximum atomic E-state index is 13.1. The van der Waals surface area contributed by atoms with E-state index in [1.54, 1.807) is 0 Å².